The van der Waals surface area contributed by atoms with Gasteiger partial charge in [-0.2, -0.15) is 13.2 Å². The summed E-state index contributed by atoms with van der Waals surface area (Å²) in [5.41, 5.74) is -1.01. The van der Waals surface area contributed by atoms with Crippen molar-refractivity contribution in [1.29, 1.82) is 0 Å². The molecule has 0 radical (unpaired) electrons. The van der Waals surface area contributed by atoms with Gasteiger partial charge in [0.2, 0.25) is 0 Å². The number of alkyl halides is 3. The molecule has 1 saturated heterocycles. The second-order valence-corrected chi connectivity index (χ2v) is 5.97. The Morgan fingerprint density at radius 3 is 2.81 bits per heavy atom. The molecule has 1 aromatic heterocycles. The Labute approximate surface area is 154 Å². The molecule has 0 spiro atoms. The minimum Gasteiger partial charge on any atom is -0.351 e. The molecule has 1 aliphatic rings. The summed E-state index contributed by atoms with van der Waals surface area (Å²) in [4.78, 5) is 12.1. The van der Waals surface area contributed by atoms with Crippen LogP contribution in [0.2, 0.25) is 0 Å². The molecule has 1 atom stereocenters. The quantitative estimate of drug-likeness (QED) is 0.824. The fraction of sp³-hybridized carbons (Fsp3) is 0.438. The van der Waals surface area contributed by atoms with Crippen LogP contribution in [-0.2, 0) is 6.18 Å². The number of hydrogen-bond acceptors (Lipinski definition) is 4. The highest BCUT2D eigenvalue weighted by molar-refractivity contribution is 5.91. The number of hydrogen-bond donors (Lipinski definition) is 2. The molecule has 1 amide bonds. The molecule has 3 rings (SSSR count). The van der Waals surface area contributed by atoms with Crippen LogP contribution >= 0.6 is 12.4 Å². The van der Waals surface area contributed by atoms with Crippen LogP contribution in [0.25, 0.3) is 5.69 Å². The number of carbonyl (C=O) groups excluding carboxylic acids is 1. The van der Waals surface area contributed by atoms with Crippen LogP contribution in [0.1, 0.15) is 28.9 Å². The van der Waals surface area contributed by atoms with E-state index in [1.54, 1.807) is 0 Å². The first-order valence-electron chi connectivity index (χ1n) is 8.03. The molecule has 1 fully saturated rings. The van der Waals surface area contributed by atoms with Crippen LogP contribution in [0.15, 0.2) is 30.5 Å². The van der Waals surface area contributed by atoms with E-state index >= 15 is 0 Å². The van der Waals surface area contributed by atoms with Gasteiger partial charge in [-0.25, -0.2) is 4.68 Å². The topological polar surface area (TPSA) is 71.8 Å². The Morgan fingerprint density at radius 2 is 2.12 bits per heavy atom. The van der Waals surface area contributed by atoms with Crippen LogP contribution in [0.5, 0.6) is 0 Å². The highest BCUT2D eigenvalue weighted by Gasteiger charge is 2.34. The molecule has 1 aromatic carbocycles. The zero-order valence-electron chi connectivity index (χ0n) is 13.8. The summed E-state index contributed by atoms with van der Waals surface area (Å²) in [5, 5.41) is 13.3. The molecule has 1 aliphatic heterocycles. The van der Waals surface area contributed by atoms with Crippen molar-refractivity contribution in [2.75, 3.05) is 19.6 Å². The SMILES string of the molecule is Cl.O=C(NCCC1CCNC1)c1cn(-c2ccccc2C(F)(F)F)nn1. The summed E-state index contributed by atoms with van der Waals surface area (Å²) in [5.74, 6) is 0.0938. The fourth-order valence-electron chi connectivity index (χ4n) is 2.84. The van der Waals surface area contributed by atoms with Crippen LogP contribution in [0.3, 0.4) is 0 Å². The second kappa shape index (κ2) is 8.50. The van der Waals surface area contributed by atoms with E-state index in [9.17, 15) is 18.0 Å². The van der Waals surface area contributed by atoms with Crippen LogP contribution in [0, 0.1) is 5.92 Å². The van der Waals surface area contributed by atoms with Crippen molar-refractivity contribution in [2.24, 2.45) is 5.92 Å². The van der Waals surface area contributed by atoms with Crippen molar-refractivity contribution in [3.05, 3.63) is 41.7 Å². The number of aromatic nitrogens is 3. The van der Waals surface area contributed by atoms with Gasteiger partial charge in [0.25, 0.3) is 5.91 Å². The van der Waals surface area contributed by atoms with Gasteiger partial charge in [-0.05, 0) is 44.0 Å². The maximum atomic E-state index is 13.1. The molecule has 0 bridgehead atoms. The molecular formula is C16H19ClF3N5O. The first kappa shape index (κ1) is 20.2. The minimum atomic E-state index is -4.51. The van der Waals surface area contributed by atoms with Gasteiger partial charge < -0.3 is 10.6 Å². The smallest absolute Gasteiger partial charge is 0.351 e. The summed E-state index contributed by atoms with van der Waals surface area (Å²) in [6.07, 6.45) is -1.37. The monoisotopic (exact) mass is 389 g/mol. The number of nitrogens with zero attached hydrogens (tertiary/aromatic N) is 3. The van der Waals surface area contributed by atoms with Gasteiger partial charge in [-0.15, -0.1) is 17.5 Å². The van der Waals surface area contributed by atoms with Crippen molar-refractivity contribution >= 4 is 18.3 Å². The summed E-state index contributed by atoms with van der Waals surface area (Å²) in [6.45, 7) is 2.43. The summed E-state index contributed by atoms with van der Waals surface area (Å²) >= 11 is 0. The van der Waals surface area contributed by atoms with Crippen LogP contribution in [0.4, 0.5) is 13.2 Å². The van der Waals surface area contributed by atoms with Crippen molar-refractivity contribution in [1.82, 2.24) is 25.6 Å². The Hall–Kier alpha value is -2.13. The Balaban J connectivity index is 0.00000243. The standard InChI is InChI=1S/C16H18F3N5O.ClH/c17-16(18,19)12-3-1-2-4-14(12)24-10-13(22-23-24)15(25)21-8-6-11-5-7-20-9-11;/h1-4,10-11,20H,5-9H2,(H,21,25);1H. The normalized spacial score (nSPS) is 17.0. The summed E-state index contributed by atoms with van der Waals surface area (Å²) in [7, 11) is 0. The molecule has 10 heteroatoms. The van der Waals surface area contributed by atoms with Gasteiger partial charge in [0, 0.05) is 6.54 Å². The number of carbonyl (C=O) groups is 1. The first-order chi connectivity index (χ1) is 11.9. The lowest BCUT2D eigenvalue weighted by Gasteiger charge is -2.11. The maximum Gasteiger partial charge on any atom is 0.418 e. The lowest BCUT2D eigenvalue weighted by molar-refractivity contribution is -0.137. The number of rotatable bonds is 5. The molecule has 2 heterocycles. The molecule has 2 aromatic rings. The Kier molecular flexibility index (Phi) is 6.60. The average Bonchev–Trinajstić information content (AvgIpc) is 3.26. The lowest BCUT2D eigenvalue weighted by Crippen LogP contribution is -2.26. The van der Waals surface area contributed by atoms with Crippen LogP contribution < -0.4 is 10.6 Å². The predicted octanol–water partition coefficient (Wildman–Crippen LogP) is 2.44. The van der Waals surface area contributed by atoms with Gasteiger partial charge in [0.15, 0.2) is 5.69 Å². The largest absolute Gasteiger partial charge is 0.418 e. The molecule has 1 unspecified atom stereocenters. The van der Waals surface area contributed by atoms with E-state index in [4.69, 9.17) is 0 Å². The maximum absolute atomic E-state index is 13.1. The number of nitrogens with one attached hydrogen (secondary N) is 2. The number of halogens is 4. The molecular weight excluding hydrogens is 371 g/mol. The molecule has 2 N–H and O–H groups in total. The van der Waals surface area contributed by atoms with Crippen molar-refractivity contribution in [3.8, 4) is 5.69 Å². The van der Waals surface area contributed by atoms with Crippen molar-refractivity contribution < 1.29 is 18.0 Å². The zero-order chi connectivity index (χ0) is 17.9. The molecule has 6 nitrogen and oxygen atoms in total. The number of benzene rings is 1. The third-order valence-corrected chi connectivity index (χ3v) is 4.18. The highest BCUT2D eigenvalue weighted by atomic mass is 35.5. The highest BCUT2D eigenvalue weighted by Crippen LogP contribution is 2.33. The minimum absolute atomic E-state index is 0. The second-order valence-electron chi connectivity index (χ2n) is 5.97. The Bertz CT molecular complexity index is 743. The van der Waals surface area contributed by atoms with E-state index in [2.05, 4.69) is 20.9 Å². The van der Waals surface area contributed by atoms with Crippen molar-refractivity contribution in [2.45, 2.75) is 19.0 Å². The summed E-state index contributed by atoms with van der Waals surface area (Å²) in [6, 6.07) is 5.02. The van der Waals surface area contributed by atoms with E-state index in [0.29, 0.717) is 12.5 Å². The summed E-state index contributed by atoms with van der Waals surface area (Å²) < 4.78 is 40.2. The van der Waals surface area contributed by atoms with E-state index in [0.717, 1.165) is 36.7 Å². The third-order valence-electron chi connectivity index (χ3n) is 4.18. The van der Waals surface area contributed by atoms with Gasteiger partial charge in [0.05, 0.1) is 17.4 Å². The molecule has 26 heavy (non-hydrogen) atoms. The third kappa shape index (κ3) is 4.73. The Morgan fingerprint density at radius 1 is 1.35 bits per heavy atom. The average molecular weight is 390 g/mol. The lowest BCUT2D eigenvalue weighted by atomic mass is 10.1. The van der Waals surface area contributed by atoms with E-state index in [1.165, 1.54) is 24.4 Å². The van der Waals surface area contributed by atoms with E-state index in [1.807, 2.05) is 0 Å². The van der Waals surface area contributed by atoms with Gasteiger partial charge in [-0.3, -0.25) is 4.79 Å². The van der Waals surface area contributed by atoms with Gasteiger partial charge in [-0.1, -0.05) is 17.3 Å². The van der Waals surface area contributed by atoms with E-state index in [-0.39, 0.29) is 23.8 Å². The molecule has 0 saturated carbocycles. The zero-order valence-corrected chi connectivity index (χ0v) is 14.6. The molecule has 142 valence electrons. The first-order valence-corrected chi connectivity index (χ1v) is 8.03. The number of amides is 1. The van der Waals surface area contributed by atoms with E-state index < -0.39 is 17.6 Å². The van der Waals surface area contributed by atoms with Gasteiger partial charge in [0.1, 0.15) is 0 Å². The van der Waals surface area contributed by atoms with Gasteiger partial charge >= 0.3 is 6.18 Å². The molecule has 0 aliphatic carbocycles. The fourth-order valence-corrected chi connectivity index (χ4v) is 2.84. The van der Waals surface area contributed by atoms with Crippen molar-refractivity contribution in [3.63, 3.8) is 0 Å². The van der Waals surface area contributed by atoms with Crippen LogP contribution in [-0.4, -0.2) is 40.5 Å². The number of para-hydroxylation sites is 1. The predicted molar refractivity (Wildman–Crippen MR) is 91.5 cm³/mol.